The first-order valence-electron chi connectivity index (χ1n) is 8.10. The van der Waals surface area contributed by atoms with Gasteiger partial charge in [-0.05, 0) is 36.2 Å². The molecule has 0 fully saturated rings. The number of hydrogen-bond acceptors (Lipinski definition) is 6. The molecule has 134 valence electrons. The summed E-state index contributed by atoms with van der Waals surface area (Å²) in [5.74, 6) is 0.665. The maximum absolute atomic E-state index is 11.8. The van der Waals surface area contributed by atoms with Crippen molar-refractivity contribution in [1.29, 1.82) is 0 Å². The Balaban J connectivity index is 1.48. The SMILES string of the molecule is CCc1ccc(OCC(=O)OCc2nc(-c3cccc(Cl)c3)no2)cc1. The second-order valence-corrected chi connectivity index (χ2v) is 5.91. The Kier molecular flexibility index (Phi) is 5.86. The molecular weight excluding hydrogens is 356 g/mol. The molecule has 0 saturated heterocycles. The molecule has 0 amide bonds. The van der Waals surface area contributed by atoms with Crippen LogP contribution in [0, 0.1) is 0 Å². The molecular formula is C19H17ClN2O4. The largest absolute Gasteiger partial charge is 0.482 e. The summed E-state index contributed by atoms with van der Waals surface area (Å²) in [4.78, 5) is 16.0. The lowest BCUT2D eigenvalue weighted by Gasteiger charge is -2.06. The summed E-state index contributed by atoms with van der Waals surface area (Å²) in [5.41, 5.74) is 1.92. The summed E-state index contributed by atoms with van der Waals surface area (Å²) in [5, 5.41) is 4.42. The monoisotopic (exact) mass is 372 g/mol. The zero-order valence-electron chi connectivity index (χ0n) is 14.1. The van der Waals surface area contributed by atoms with E-state index < -0.39 is 5.97 Å². The van der Waals surface area contributed by atoms with Crippen molar-refractivity contribution in [3.05, 3.63) is 65.0 Å². The van der Waals surface area contributed by atoms with Gasteiger partial charge < -0.3 is 14.0 Å². The van der Waals surface area contributed by atoms with Gasteiger partial charge >= 0.3 is 5.97 Å². The molecule has 0 bridgehead atoms. The van der Waals surface area contributed by atoms with E-state index in [1.54, 1.807) is 18.2 Å². The number of esters is 1. The average molecular weight is 373 g/mol. The highest BCUT2D eigenvalue weighted by atomic mass is 35.5. The number of halogens is 1. The molecule has 0 N–H and O–H groups in total. The maximum atomic E-state index is 11.8. The van der Waals surface area contributed by atoms with Crippen molar-refractivity contribution in [1.82, 2.24) is 10.1 Å². The molecule has 2 aromatic carbocycles. The third-order valence-corrected chi connectivity index (χ3v) is 3.83. The van der Waals surface area contributed by atoms with E-state index in [0.717, 1.165) is 12.0 Å². The minimum absolute atomic E-state index is 0.121. The second kappa shape index (κ2) is 8.49. The number of rotatable bonds is 7. The van der Waals surface area contributed by atoms with Gasteiger partial charge in [-0.25, -0.2) is 4.79 Å². The van der Waals surface area contributed by atoms with Gasteiger partial charge in [-0.3, -0.25) is 0 Å². The average Bonchev–Trinajstić information content (AvgIpc) is 3.14. The fourth-order valence-corrected chi connectivity index (χ4v) is 2.40. The Hall–Kier alpha value is -2.86. The number of nitrogens with zero attached hydrogens (tertiary/aromatic N) is 2. The van der Waals surface area contributed by atoms with Gasteiger partial charge in [0, 0.05) is 10.6 Å². The normalized spacial score (nSPS) is 10.5. The summed E-state index contributed by atoms with van der Waals surface area (Å²) in [7, 11) is 0. The van der Waals surface area contributed by atoms with Gasteiger partial charge in [0.1, 0.15) is 5.75 Å². The lowest BCUT2D eigenvalue weighted by molar-refractivity contribution is -0.148. The zero-order chi connectivity index (χ0) is 18.4. The molecule has 0 aliphatic heterocycles. The Labute approximate surface area is 155 Å². The topological polar surface area (TPSA) is 74.5 Å². The molecule has 0 radical (unpaired) electrons. The van der Waals surface area contributed by atoms with Crippen molar-refractivity contribution in [3.8, 4) is 17.1 Å². The predicted octanol–water partition coefficient (Wildman–Crippen LogP) is 4.07. The molecule has 0 saturated carbocycles. The van der Waals surface area contributed by atoms with Crippen LogP contribution in [0.25, 0.3) is 11.4 Å². The predicted molar refractivity (Wildman–Crippen MR) is 95.9 cm³/mol. The van der Waals surface area contributed by atoms with Crippen molar-refractivity contribution < 1.29 is 18.8 Å². The molecule has 7 heteroatoms. The molecule has 6 nitrogen and oxygen atoms in total. The fourth-order valence-electron chi connectivity index (χ4n) is 2.21. The van der Waals surface area contributed by atoms with Crippen LogP contribution in [0.15, 0.2) is 53.1 Å². The number of hydrogen-bond donors (Lipinski definition) is 0. The van der Waals surface area contributed by atoms with Gasteiger partial charge in [-0.2, -0.15) is 4.98 Å². The fraction of sp³-hybridized carbons (Fsp3) is 0.211. The number of aromatic nitrogens is 2. The number of carbonyl (C=O) groups excluding carboxylic acids is 1. The second-order valence-electron chi connectivity index (χ2n) is 5.47. The number of carbonyl (C=O) groups is 1. The minimum atomic E-state index is -0.521. The van der Waals surface area contributed by atoms with Crippen LogP contribution in [-0.4, -0.2) is 22.7 Å². The van der Waals surface area contributed by atoms with Crippen LogP contribution in [0.1, 0.15) is 18.4 Å². The van der Waals surface area contributed by atoms with Crippen molar-refractivity contribution in [3.63, 3.8) is 0 Å². The molecule has 1 aromatic heterocycles. The first-order valence-corrected chi connectivity index (χ1v) is 8.47. The van der Waals surface area contributed by atoms with E-state index in [2.05, 4.69) is 17.1 Å². The Morgan fingerprint density at radius 2 is 2.00 bits per heavy atom. The summed E-state index contributed by atoms with van der Waals surface area (Å²) in [6.45, 7) is 1.76. The molecule has 0 aliphatic carbocycles. The van der Waals surface area contributed by atoms with E-state index in [1.807, 2.05) is 30.3 Å². The van der Waals surface area contributed by atoms with E-state index in [4.69, 9.17) is 25.6 Å². The molecule has 0 unspecified atom stereocenters. The maximum Gasteiger partial charge on any atom is 0.344 e. The lowest BCUT2D eigenvalue weighted by atomic mass is 10.2. The molecule has 0 aliphatic rings. The molecule has 1 heterocycles. The number of benzene rings is 2. The van der Waals surface area contributed by atoms with E-state index in [0.29, 0.717) is 16.6 Å². The quantitative estimate of drug-likeness (QED) is 0.582. The van der Waals surface area contributed by atoms with Crippen LogP contribution < -0.4 is 4.74 Å². The Morgan fingerprint density at radius 1 is 1.19 bits per heavy atom. The molecule has 0 atom stereocenters. The van der Waals surface area contributed by atoms with Crippen molar-refractivity contribution in [2.24, 2.45) is 0 Å². The summed E-state index contributed by atoms with van der Waals surface area (Å²) in [6.07, 6.45) is 0.948. The number of ether oxygens (including phenoxy) is 2. The van der Waals surface area contributed by atoms with Crippen LogP contribution in [0.3, 0.4) is 0 Å². The molecule has 3 rings (SSSR count). The summed E-state index contributed by atoms with van der Waals surface area (Å²) in [6, 6.07) is 14.6. The van der Waals surface area contributed by atoms with Crippen LogP contribution in [-0.2, 0) is 22.6 Å². The highest BCUT2D eigenvalue weighted by molar-refractivity contribution is 6.30. The van der Waals surface area contributed by atoms with Crippen LogP contribution in [0.2, 0.25) is 5.02 Å². The van der Waals surface area contributed by atoms with E-state index in [9.17, 15) is 4.79 Å². The van der Waals surface area contributed by atoms with E-state index >= 15 is 0 Å². The Bertz CT molecular complexity index is 877. The van der Waals surface area contributed by atoms with Gasteiger partial charge in [0.05, 0.1) is 0 Å². The summed E-state index contributed by atoms with van der Waals surface area (Å²) < 4.78 is 15.5. The van der Waals surface area contributed by atoms with Crippen LogP contribution >= 0.6 is 11.6 Å². The van der Waals surface area contributed by atoms with Gasteiger partial charge in [0.25, 0.3) is 5.89 Å². The van der Waals surface area contributed by atoms with E-state index in [1.165, 1.54) is 5.56 Å². The van der Waals surface area contributed by atoms with Gasteiger partial charge in [-0.15, -0.1) is 0 Å². The zero-order valence-corrected chi connectivity index (χ0v) is 14.9. The van der Waals surface area contributed by atoms with Crippen molar-refractivity contribution in [2.75, 3.05) is 6.61 Å². The van der Waals surface area contributed by atoms with Gasteiger partial charge in [-0.1, -0.05) is 47.9 Å². The van der Waals surface area contributed by atoms with Crippen molar-refractivity contribution in [2.45, 2.75) is 20.0 Å². The Morgan fingerprint density at radius 3 is 2.73 bits per heavy atom. The van der Waals surface area contributed by atoms with Crippen LogP contribution in [0.4, 0.5) is 0 Å². The molecule has 0 spiro atoms. The van der Waals surface area contributed by atoms with Crippen molar-refractivity contribution >= 4 is 17.6 Å². The number of aryl methyl sites for hydroxylation is 1. The smallest absolute Gasteiger partial charge is 0.344 e. The van der Waals surface area contributed by atoms with Gasteiger partial charge in [0.2, 0.25) is 5.82 Å². The molecule has 3 aromatic rings. The third-order valence-electron chi connectivity index (χ3n) is 3.60. The summed E-state index contributed by atoms with van der Waals surface area (Å²) >= 11 is 5.94. The first kappa shape index (κ1) is 17.9. The minimum Gasteiger partial charge on any atom is -0.482 e. The lowest BCUT2D eigenvalue weighted by Crippen LogP contribution is -2.14. The first-order chi connectivity index (χ1) is 12.6. The molecule has 26 heavy (non-hydrogen) atoms. The standard InChI is InChI=1S/C19H17ClN2O4/c1-2-13-6-8-16(9-7-13)24-12-18(23)25-11-17-21-19(22-26-17)14-4-3-5-15(20)10-14/h3-10H,2,11-12H2,1H3. The highest BCUT2D eigenvalue weighted by Crippen LogP contribution is 2.20. The third kappa shape index (κ3) is 4.83. The van der Waals surface area contributed by atoms with Crippen LogP contribution in [0.5, 0.6) is 5.75 Å². The van der Waals surface area contributed by atoms with Gasteiger partial charge in [0.15, 0.2) is 13.2 Å². The van der Waals surface area contributed by atoms with E-state index in [-0.39, 0.29) is 19.1 Å². The highest BCUT2D eigenvalue weighted by Gasteiger charge is 2.12.